The van der Waals surface area contributed by atoms with E-state index < -0.39 is 17.7 Å². The number of carbonyl (C=O) groups is 1. The van der Waals surface area contributed by atoms with Crippen LogP contribution >= 0.6 is 0 Å². The second-order valence-electron chi connectivity index (χ2n) is 12.0. The molecular formula is C31H40N2O5. The van der Waals surface area contributed by atoms with Crippen LogP contribution in [0.15, 0.2) is 29.2 Å². The van der Waals surface area contributed by atoms with Crippen molar-refractivity contribution in [1.29, 1.82) is 0 Å². The van der Waals surface area contributed by atoms with E-state index in [0.717, 1.165) is 52.8 Å². The highest BCUT2D eigenvalue weighted by Gasteiger charge is 2.34. The van der Waals surface area contributed by atoms with E-state index in [1.165, 1.54) is 36.7 Å². The monoisotopic (exact) mass is 520 g/mol. The topological polar surface area (TPSA) is 82.7 Å². The molecular weight excluding hydrogens is 480 g/mol. The van der Waals surface area contributed by atoms with Gasteiger partial charge in [0.1, 0.15) is 11.3 Å². The molecule has 3 aromatic rings. The zero-order chi connectivity index (χ0) is 27.2. The van der Waals surface area contributed by atoms with Crippen LogP contribution in [0.2, 0.25) is 0 Å². The summed E-state index contributed by atoms with van der Waals surface area (Å²) in [6.45, 7) is 9.08. The van der Waals surface area contributed by atoms with E-state index >= 15 is 0 Å². The summed E-state index contributed by atoms with van der Waals surface area (Å²) in [5.74, 6) is 0.317. The Hall–Kier alpha value is -3.06. The quantitative estimate of drug-likeness (QED) is 0.421. The fourth-order valence-electron chi connectivity index (χ4n) is 6.33. The Bertz CT molecular complexity index is 1420. The van der Waals surface area contributed by atoms with Gasteiger partial charge < -0.3 is 23.7 Å². The van der Waals surface area contributed by atoms with E-state index in [1.807, 2.05) is 45.2 Å². The van der Waals surface area contributed by atoms with Crippen molar-refractivity contribution in [3.8, 4) is 16.9 Å². The van der Waals surface area contributed by atoms with E-state index in [0.29, 0.717) is 23.7 Å². The first kappa shape index (κ1) is 26.5. The van der Waals surface area contributed by atoms with Gasteiger partial charge in [-0.1, -0.05) is 25.3 Å². The smallest absolute Gasteiger partial charge is 0.339 e. The molecule has 0 saturated heterocycles. The molecule has 204 valence electrons. The van der Waals surface area contributed by atoms with Gasteiger partial charge in [-0.2, -0.15) is 0 Å². The highest BCUT2D eigenvalue weighted by molar-refractivity contribution is 5.99. The third-order valence-corrected chi connectivity index (χ3v) is 8.13. The Labute approximate surface area is 224 Å². The van der Waals surface area contributed by atoms with Crippen molar-refractivity contribution in [2.75, 3.05) is 6.61 Å². The number of carboxylic acids is 1. The average Bonchev–Trinajstić information content (AvgIpc) is 3.29. The van der Waals surface area contributed by atoms with Gasteiger partial charge in [-0.3, -0.25) is 4.79 Å². The fourth-order valence-corrected chi connectivity index (χ4v) is 6.33. The second-order valence-corrected chi connectivity index (χ2v) is 12.0. The number of benzene rings is 1. The Morgan fingerprint density at radius 2 is 1.89 bits per heavy atom. The number of fused-ring (bicyclic) bond motifs is 2. The minimum absolute atomic E-state index is 0.192. The molecule has 2 aliphatic rings. The normalized spacial score (nSPS) is 17.3. The number of pyridine rings is 1. The largest absolute Gasteiger partial charge is 0.493 e. The number of nitrogens with zero attached hydrogens (tertiary/aromatic N) is 2. The molecule has 7 heteroatoms. The van der Waals surface area contributed by atoms with Gasteiger partial charge in [-0.05, 0) is 88.1 Å². The van der Waals surface area contributed by atoms with E-state index in [-0.39, 0.29) is 5.56 Å². The molecule has 1 atom stereocenters. The summed E-state index contributed by atoms with van der Waals surface area (Å²) in [4.78, 5) is 26.6. The number of carboxylic acid groups (broad SMARTS) is 1. The third-order valence-electron chi connectivity index (χ3n) is 8.13. The lowest BCUT2D eigenvalue weighted by Crippen LogP contribution is -2.33. The summed E-state index contributed by atoms with van der Waals surface area (Å²) >= 11 is 0. The number of aliphatic carboxylic acids is 1. The number of rotatable bonds is 6. The summed E-state index contributed by atoms with van der Waals surface area (Å²) < 4.78 is 15.6. The number of aromatic nitrogens is 2. The SMILES string of the molecule is Cc1c(-c2c(C(OC(C)(C)C)C(=O)O)n(C)c(=O)c3c2ccn3CC2CCCCC2)ccc2c1CCCO2. The first-order chi connectivity index (χ1) is 18.1. The molecule has 38 heavy (non-hydrogen) atoms. The van der Waals surface area contributed by atoms with E-state index in [2.05, 4.69) is 11.5 Å². The maximum Gasteiger partial charge on any atom is 0.339 e. The zero-order valence-electron chi connectivity index (χ0n) is 23.3. The summed E-state index contributed by atoms with van der Waals surface area (Å²) in [7, 11) is 1.68. The number of hydrogen-bond acceptors (Lipinski definition) is 4. The Balaban J connectivity index is 1.79. The van der Waals surface area contributed by atoms with Crippen molar-refractivity contribution in [3.63, 3.8) is 0 Å². The van der Waals surface area contributed by atoms with Crippen LogP contribution in [0.1, 0.15) is 82.2 Å². The molecule has 3 heterocycles. The third kappa shape index (κ3) is 4.89. The number of hydrogen-bond donors (Lipinski definition) is 1. The molecule has 0 spiro atoms. The molecule has 1 aromatic carbocycles. The van der Waals surface area contributed by atoms with Gasteiger partial charge in [0.15, 0.2) is 6.10 Å². The van der Waals surface area contributed by atoms with Crippen LogP contribution in [0.4, 0.5) is 0 Å². The first-order valence-corrected chi connectivity index (χ1v) is 13.9. The molecule has 0 bridgehead atoms. The summed E-state index contributed by atoms with van der Waals surface area (Å²) in [6, 6.07) is 5.98. The molecule has 5 rings (SSSR count). The molecule has 1 aliphatic carbocycles. The van der Waals surface area contributed by atoms with Crippen LogP contribution in [0.25, 0.3) is 22.0 Å². The summed E-state index contributed by atoms with van der Waals surface area (Å²) in [6.07, 6.45) is 8.65. The predicted octanol–water partition coefficient (Wildman–Crippen LogP) is 6.16. The first-order valence-electron chi connectivity index (χ1n) is 13.9. The van der Waals surface area contributed by atoms with E-state index in [1.54, 1.807) is 7.05 Å². The van der Waals surface area contributed by atoms with Crippen LogP contribution in [0.5, 0.6) is 5.75 Å². The molecule has 7 nitrogen and oxygen atoms in total. The van der Waals surface area contributed by atoms with Gasteiger partial charge >= 0.3 is 5.97 Å². The van der Waals surface area contributed by atoms with Gasteiger partial charge in [0.2, 0.25) is 0 Å². The maximum absolute atomic E-state index is 13.9. The highest BCUT2D eigenvalue weighted by atomic mass is 16.5. The van der Waals surface area contributed by atoms with Gasteiger partial charge in [0.05, 0.1) is 17.9 Å². The van der Waals surface area contributed by atoms with Crippen molar-refractivity contribution in [2.45, 2.75) is 90.9 Å². The van der Waals surface area contributed by atoms with E-state index in [9.17, 15) is 14.7 Å². The van der Waals surface area contributed by atoms with Crippen molar-refractivity contribution >= 4 is 16.9 Å². The highest BCUT2D eigenvalue weighted by Crippen LogP contribution is 2.42. The molecule has 1 saturated carbocycles. The standard InChI is InChI=1S/C31H40N2O5/c1-19-21-12-9-17-37-24(21)14-13-22(19)25-23-15-16-33(18-20-10-7-6-8-11-20)26(23)29(34)32(5)27(25)28(30(35)36)38-31(2,3)4/h13-16,20,28H,6-12,17-18H2,1-5H3,(H,35,36). The molecule has 1 aliphatic heterocycles. The van der Waals surface area contributed by atoms with Crippen molar-refractivity contribution < 1.29 is 19.4 Å². The molecule has 2 aromatic heterocycles. The molecule has 0 radical (unpaired) electrons. The molecule has 1 fully saturated rings. The summed E-state index contributed by atoms with van der Waals surface area (Å²) in [5, 5.41) is 11.1. The van der Waals surface area contributed by atoms with Gasteiger partial charge in [0.25, 0.3) is 5.56 Å². The van der Waals surface area contributed by atoms with Crippen LogP contribution in [0.3, 0.4) is 0 Å². The average molecular weight is 521 g/mol. The Morgan fingerprint density at radius 1 is 1.16 bits per heavy atom. The minimum atomic E-state index is -1.31. The minimum Gasteiger partial charge on any atom is -0.493 e. The van der Waals surface area contributed by atoms with Crippen LogP contribution in [-0.2, 0) is 29.5 Å². The summed E-state index contributed by atoms with van der Waals surface area (Å²) in [5.41, 5.74) is 3.97. The second kappa shape index (κ2) is 10.3. The van der Waals surface area contributed by atoms with E-state index in [4.69, 9.17) is 9.47 Å². The molecule has 0 amide bonds. The lowest BCUT2D eigenvalue weighted by molar-refractivity contribution is -0.161. The lowest BCUT2D eigenvalue weighted by atomic mass is 9.88. The van der Waals surface area contributed by atoms with Crippen LogP contribution in [0, 0.1) is 12.8 Å². The fraction of sp³-hybridized carbons (Fsp3) is 0.548. The van der Waals surface area contributed by atoms with Crippen molar-refractivity contribution in [1.82, 2.24) is 9.13 Å². The Kier molecular flexibility index (Phi) is 7.16. The van der Waals surface area contributed by atoms with Crippen molar-refractivity contribution in [3.05, 3.63) is 51.6 Å². The molecule has 1 N–H and O–H groups in total. The van der Waals surface area contributed by atoms with Gasteiger partial charge in [0, 0.05) is 30.7 Å². The number of ether oxygens (including phenoxy) is 2. The van der Waals surface area contributed by atoms with Crippen LogP contribution < -0.4 is 10.3 Å². The van der Waals surface area contributed by atoms with Gasteiger partial charge in [-0.25, -0.2) is 4.79 Å². The lowest BCUT2D eigenvalue weighted by Gasteiger charge is -2.29. The van der Waals surface area contributed by atoms with Crippen molar-refractivity contribution in [2.24, 2.45) is 13.0 Å². The maximum atomic E-state index is 13.9. The Morgan fingerprint density at radius 3 is 2.58 bits per heavy atom. The zero-order valence-corrected chi connectivity index (χ0v) is 23.3. The van der Waals surface area contributed by atoms with Gasteiger partial charge in [-0.15, -0.1) is 0 Å². The molecule has 1 unspecified atom stereocenters. The van der Waals surface area contributed by atoms with Crippen LogP contribution in [-0.4, -0.2) is 32.4 Å². The predicted molar refractivity (Wildman–Crippen MR) is 149 cm³/mol.